The van der Waals surface area contributed by atoms with Gasteiger partial charge in [-0.15, -0.1) is 0 Å². The molecular formula is C9H14N2OS. The summed E-state index contributed by atoms with van der Waals surface area (Å²) in [4.78, 5) is 0. The molecule has 4 heteroatoms. The summed E-state index contributed by atoms with van der Waals surface area (Å²) in [6.45, 7) is 2.72. The van der Waals surface area contributed by atoms with Gasteiger partial charge in [0.05, 0.1) is 6.61 Å². The van der Waals surface area contributed by atoms with E-state index in [2.05, 4.69) is 23.7 Å². The summed E-state index contributed by atoms with van der Waals surface area (Å²) in [6, 6.07) is 9.80. The van der Waals surface area contributed by atoms with Crippen LogP contribution in [-0.4, -0.2) is 11.7 Å². The normalized spacial score (nSPS) is 8.08. The lowest BCUT2D eigenvalue weighted by molar-refractivity contribution is 0.340. The van der Waals surface area contributed by atoms with Crippen LogP contribution in [0.15, 0.2) is 30.3 Å². The molecule has 0 atom stereocenters. The summed E-state index contributed by atoms with van der Waals surface area (Å²) in [5.41, 5.74) is 9.24. The van der Waals surface area contributed by atoms with Gasteiger partial charge in [0.2, 0.25) is 0 Å². The Labute approximate surface area is 83.7 Å². The third kappa shape index (κ3) is 8.62. The first kappa shape index (κ1) is 11.7. The number of para-hydroxylation sites is 1. The van der Waals surface area contributed by atoms with Gasteiger partial charge in [0.25, 0.3) is 0 Å². The van der Waals surface area contributed by atoms with Gasteiger partial charge in [0.1, 0.15) is 5.75 Å². The maximum atomic E-state index is 5.21. The molecule has 3 nitrogen and oxygen atoms in total. The summed E-state index contributed by atoms with van der Waals surface area (Å²) in [6.07, 6.45) is 0. The fourth-order valence-corrected chi connectivity index (χ4v) is 0.683. The Hall–Kier alpha value is -1.29. The van der Waals surface area contributed by atoms with Crippen LogP contribution in [0.1, 0.15) is 6.92 Å². The number of thiocarbonyl (C=S) groups is 1. The highest BCUT2D eigenvalue weighted by molar-refractivity contribution is 7.80. The zero-order valence-corrected chi connectivity index (χ0v) is 8.38. The lowest BCUT2D eigenvalue weighted by Gasteiger charge is -1.99. The predicted octanol–water partition coefficient (Wildman–Crippen LogP) is 1.27. The van der Waals surface area contributed by atoms with Crippen LogP contribution >= 0.6 is 12.2 Å². The highest BCUT2D eigenvalue weighted by atomic mass is 32.1. The Kier molecular flexibility index (Phi) is 6.63. The van der Waals surface area contributed by atoms with Crippen molar-refractivity contribution in [1.29, 1.82) is 0 Å². The third-order valence-corrected chi connectivity index (χ3v) is 1.05. The maximum Gasteiger partial charge on any atom is 0.160 e. The molecule has 4 N–H and O–H groups in total. The number of hydrogen-bond acceptors (Lipinski definition) is 2. The van der Waals surface area contributed by atoms with Crippen molar-refractivity contribution in [2.45, 2.75) is 6.92 Å². The van der Waals surface area contributed by atoms with E-state index in [4.69, 9.17) is 4.74 Å². The highest BCUT2D eigenvalue weighted by Crippen LogP contribution is 2.06. The maximum absolute atomic E-state index is 5.21. The Morgan fingerprint density at radius 1 is 1.31 bits per heavy atom. The van der Waals surface area contributed by atoms with Crippen LogP contribution in [0.25, 0.3) is 0 Å². The summed E-state index contributed by atoms with van der Waals surface area (Å²) < 4.78 is 5.21. The minimum Gasteiger partial charge on any atom is -0.494 e. The average Bonchev–Trinajstić information content (AvgIpc) is 2.06. The molecule has 0 heterocycles. The van der Waals surface area contributed by atoms with Crippen molar-refractivity contribution < 1.29 is 4.74 Å². The summed E-state index contributed by atoms with van der Waals surface area (Å²) in [5, 5.41) is 0.000000000000000222. The van der Waals surface area contributed by atoms with E-state index >= 15 is 0 Å². The molecule has 1 rings (SSSR count). The minimum atomic E-state index is 0.000000000000000222. The molecule has 0 fully saturated rings. The Bertz CT molecular complexity index is 235. The summed E-state index contributed by atoms with van der Waals surface area (Å²) in [7, 11) is 0. The van der Waals surface area contributed by atoms with Crippen LogP contribution in [-0.2, 0) is 0 Å². The molecule has 0 aliphatic carbocycles. The van der Waals surface area contributed by atoms with Crippen LogP contribution < -0.4 is 16.2 Å². The zero-order valence-electron chi connectivity index (χ0n) is 7.57. The Balaban J connectivity index is 0.000000310. The Morgan fingerprint density at radius 2 is 1.77 bits per heavy atom. The molecule has 0 radical (unpaired) electrons. The quantitative estimate of drug-likeness (QED) is 0.703. The largest absolute Gasteiger partial charge is 0.494 e. The van der Waals surface area contributed by atoms with Gasteiger partial charge < -0.3 is 16.2 Å². The van der Waals surface area contributed by atoms with Crippen molar-refractivity contribution in [2.24, 2.45) is 11.5 Å². The monoisotopic (exact) mass is 198 g/mol. The van der Waals surface area contributed by atoms with E-state index in [0.29, 0.717) is 0 Å². The van der Waals surface area contributed by atoms with Crippen molar-refractivity contribution >= 4 is 17.3 Å². The second kappa shape index (κ2) is 7.36. The first-order chi connectivity index (χ1) is 6.16. The first-order valence-electron chi connectivity index (χ1n) is 3.89. The lowest BCUT2D eigenvalue weighted by Crippen LogP contribution is -2.18. The molecule has 0 saturated carbocycles. The van der Waals surface area contributed by atoms with E-state index in [1.54, 1.807) is 0 Å². The van der Waals surface area contributed by atoms with Gasteiger partial charge in [0, 0.05) is 0 Å². The van der Waals surface area contributed by atoms with E-state index in [9.17, 15) is 0 Å². The number of rotatable bonds is 2. The van der Waals surface area contributed by atoms with Gasteiger partial charge in [-0.2, -0.15) is 0 Å². The van der Waals surface area contributed by atoms with Gasteiger partial charge in [-0.3, -0.25) is 0 Å². The molecule has 72 valence electrons. The molecular weight excluding hydrogens is 184 g/mol. The van der Waals surface area contributed by atoms with Gasteiger partial charge in [-0.25, -0.2) is 0 Å². The van der Waals surface area contributed by atoms with Crippen LogP contribution in [0.2, 0.25) is 0 Å². The summed E-state index contributed by atoms with van der Waals surface area (Å²) in [5.74, 6) is 0.944. The van der Waals surface area contributed by atoms with Crippen molar-refractivity contribution in [1.82, 2.24) is 0 Å². The van der Waals surface area contributed by atoms with Crippen LogP contribution in [0, 0.1) is 0 Å². The molecule has 0 aromatic heterocycles. The van der Waals surface area contributed by atoms with Crippen molar-refractivity contribution in [3.63, 3.8) is 0 Å². The second-order valence-corrected chi connectivity index (χ2v) is 2.62. The molecule has 0 amide bonds. The predicted molar refractivity (Wildman–Crippen MR) is 58.6 cm³/mol. The fraction of sp³-hybridized carbons (Fsp3) is 0.222. The minimum absolute atomic E-state index is 0.000000000000000222. The van der Waals surface area contributed by atoms with Crippen molar-refractivity contribution in [2.75, 3.05) is 6.61 Å². The van der Waals surface area contributed by atoms with Crippen molar-refractivity contribution in [3.05, 3.63) is 30.3 Å². The molecule has 1 aromatic rings. The molecule has 0 aliphatic rings. The molecule has 0 aliphatic heterocycles. The van der Waals surface area contributed by atoms with Gasteiger partial charge >= 0.3 is 0 Å². The molecule has 0 spiro atoms. The smallest absolute Gasteiger partial charge is 0.160 e. The van der Waals surface area contributed by atoms with Crippen LogP contribution in [0.4, 0.5) is 0 Å². The molecule has 13 heavy (non-hydrogen) atoms. The molecule has 0 unspecified atom stereocenters. The molecule has 0 bridgehead atoms. The second-order valence-electron chi connectivity index (χ2n) is 2.15. The van der Waals surface area contributed by atoms with E-state index < -0.39 is 0 Å². The van der Waals surface area contributed by atoms with Gasteiger partial charge in [0.15, 0.2) is 5.11 Å². The number of ether oxygens (including phenoxy) is 1. The highest BCUT2D eigenvalue weighted by Gasteiger charge is 1.83. The van der Waals surface area contributed by atoms with Gasteiger partial charge in [-0.1, -0.05) is 18.2 Å². The van der Waals surface area contributed by atoms with Gasteiger partial charge in [-0.05, 0) is 31.3 Å². The fourth-order valence-electron chi connectivity index (χ4n) is 0.683. The molecule has 1 aromatic carbocycles. The zero-order chi connectivity index (χ0) is 10.1. The van der Waals surface area contributed by atoms with E-state index in [0.717, 1.165) is 12.4 Å². The SMILES string of the molecule is CCOc1ccccc1.NC(N)=S. The lowest BCUT2D eigenvalue weighted by atomic mass is 10.3. The topological polar surface area (TPSA) is 61.3 Å². The van der Waals surface area contributed by atoms with E-state index in [-0.39, 0.29) is 5.11 Å². The number of benzene rings is 1. The van der Waals surface area contributed by atoms with E-state index in [1.807, 2.05) is 37.3 Å². The summed E-state index contributed by atoms with van der Waals surface area (Å²) >= 11 is 4.09. The third-order valence-electron chi connectivity index (χ3n) is 1.05. The first-order valence-corrected chi connectivity index (χ1v) is 4.30. The van der Waals surface area contributed by atoms with E-state index in [1.165, 1.54) is 0 Å². The number of hydrogen-bond donors (Lipinski definition) is 2. The van der Waals surface area contributed by atoms with Crippen molar-refractivity contribution in [3.8, 4) is 5.75 Å². The molecule has 0 saturated heterocycles. The van der Waals surface area contributed by atoms with Crippen LogP contribution in [0.3, 0.4) is 0 Å². The average molecular weight is 198 g/mol. The number of nitrogens with two attached hydrogens (primary N) is 2. The Morgan fingerprint density at radius 3 is 2.15 bits per heavy atom. The van der Waals surface area contributed by atoms with Crippen LogP contribution in [0.5, 0.6) is 5.75 Å². The standard InChI is InChI=1S/C8H10O.CH4N2S/c1-2-9-8-6-4-3-5-7-8;2-1(3)4/h3-7H,2H2,1H3;(H4,2,3,4).